The van der Waals surface area contributed by atoms with E-state index in [1.54, 1.807) is 18.2 Å². The van der Waals surface area contributed by atoms with Crippen LogP contribution < -0.4 is 14.8 Å². The lowest BCUT2D eigenvalue weighted by Gasteiger charge is -2.18. The fraction of sp³-hybridized carbons (Fsp3) is 0.167. The van der Waals surface area contributed by atoms with Gasteiger partial charge in [-0.3, -0.25) is 10.1 Å². The molecule has 0 saturated heterocycles. The minimum absolute atomic E-state index is 0.0441. The summed E-state index contributed by atoms with van der Waals surface area (Å²) in [4.78, 5) is 12.4. The van der Waals surface area contributed by atoms with Crippen molar-refractivity contribution in [3.8, 4) is 23.0 Å². The van der Waals surface area contributed by atoms with Crippen LogP contribution in [0.5, 0.6) is 11.5 Å². The molecule has 0 unspecified atom stereocenters. The molecule has 0 aliphatic carbocycles. The number of carbonyl (C=O) groups excluding carboxylic acids is 1. The summed E-state index contributed by atoms with van der Waals surface area (Å²) in [5.41, 5.74) is 0.762. The van der Waals surface area contributed by atoms with Crippen LogP contribution in [0.25, 0.3) is 11.5 Å². The van der Waals surface area contributed by atoms with Crippen LogP contribution in [0, 0.1) is 0 Å². The Balaban J connectivity index is 1.53. The van der Waals surface area contributed by atoms with E-state index in [1.807, 2.05) is 0 Å². The van der Waals surface area contributed by atoms with E-state index in [0.29, 0.717) is 30.3 Å². The fourth-order valence-electron chi connectivity index (χ4n) is 2.60. The van der Waals surface area contributed by atoms with Crippen molar-refractivity contribution in [3.05, 3.63) is 48.0 Å². The molecule has 9 nitrogen and oxygen atoms in total. The van der Waals surface area contributed by atoms with Gasteiger partial charge in [0.25, 0.3) is 5.91 Å². The number of hydrogen-bond acceptors (Lipinski definition) is 8. The first-order valence-electron chi connectivity index (χ1n) is 8.25. The van der Waals surface area contributed by atoms with Gasteiger partial charge in [-0.15, -0.1) is 5.10 Å². The molecule has 2 aromatic carbocycles. The van der Waals surface area contributed by atoms with Gasteiger partial charge in [-0.25, -0.2) is 8.42 Å². The number of anilines is 1. The summed E-state index contributed by atoms with van der Waals surface area (Å²) in [7, 11) is -3.42. The number of aromatic nitrogens is 2. The highest BCUT2D eigenvalue weighted by molar-refractivity contribution is 7.90. The van der Waals surface area contributed by atoms with Crippen molar-refractivity contribution in [3.63, 3.8) is 0 Å². The topological polar surface area (TPSA) is 121 Å². The van der Waals surface area contributed by atoms with Crippen LogP contribution in [0.4, 0.5) is 6.01 Å². The van der Waals surface area contributed by atoms with Crippen molar-refractivity contribution in [2.24, 2.45) is 0 Å². The first kappa shape index (κ1) is 18.0. The van der Waals surface area contributed by atoms with Crippen LogP contribution in [0.2, 0.25) is 0 Å². The largest absolute Gasteiger partial charge is 0.486 e. The van der Waals surface area contributed by atoms with E-state index in [0.717, 1.165) is 6.26 Å². The molecule has 0 bridgehead atoms. The zero-order chi connectivity index (χ0) is 19.7. The van der Waals surface area contributed by atoms with Crippen molar-refractivity contribution in [1.82, 2.24) is 10.2 Å². The minimum atomic E-state index is -3.42. The third-order valence-corrected chi connectivity index (χ3v) is 5.07. The summed E-state index contributed by atoms with van der Waals surface area (Å²) in [6.45, 7) is 0.942. The molecule has 0 radical (unpaired) electrons. The van der Waals surface area contributed by atoms with Gasteiger partial charge >= 0.3 is 6.01 Å². The Morgan fingerprint density at radius 1 is 1.04 bits per heavy atom. The Kier molecular flexibility index (Phi) is 4.47. The highest BCUT2D eigenvalue weighted by atomic mass is 32.2. The fourth-order valence-corrected chi connectivity index (χ4v) is 3.27. The number of sulfone groups is 1. The van der Waals surface area contributed by atoms with Crippen LogP contribution >= 0.6 is 0 Å². The van der Waals surface area contributed by atoms with Gasteiger partial charge in [0.2, 0.25) is 5.89 Å². The number of carbonyl (C=O) groups is 1. The highest BCUT2D eigenvalue weighted by Gasteiger charge is 2.17. The molecule has 10 heteroatoms. The standard InChI is InChI=1S/C18H15N3O6S/c1-28(23,24)13-4-2-3-11(9-13)16(22)19-18-21-20-17(27-18)12-5-6-14-15(10-12)26-8-7-25-14/h2-6,9-10H,7-8H2,1H3,(H,19,21,22). The van der Waals surface area contributed by atoms with E-state index in [-0.39, 0.29) is 22.4 Å². The first-order valence-corrected chi connectivity index (χ1v) is 10.1. The van der Waals surface area contributed by atoms with Gasteiger partial charge in [-0.1, -0.05) is 11.2 Å². The van der Waals surface area contributed by atoms with E-state index in [4.69, 9.17) is 13.9 Å². The van der Waals surface area contributed by atoms with Crippen LogP contribution in [0.3, 0.4) is 0 Å². The maximum absolute atomic E-state index is 12.4. The molecule has 144 valence electrons. The summed E-state index contributed by atoms with van der Waals surface area (Å²) >= 11 is 0. The van der Waals surface area contributed by atoms with Gasteiger partial charge in [0.15, 0.2) is 21.3 Å². The Morgan fingerprint density at radius 2 is 1.82 bits per heavy atom. The number of rotatable bonds is 4. The van der Waals surface area contributed by atoms with Crippen molar-refractivity contribution in [1.29, 1.82) is 0 Å². The Hall–Kier alpha value is -3.40. The molecular formula is C18H15N3O6S. The van der Waals surface area contributed by atoms with E-state index >= 15 is 0 Å². The molecule has 0 fully saturated rings. The SMILES string of the molecule is CS(=O)(=O)c1cccc(C(=O)Nc2nnc(-c3ccc4c(c3)OCCO4)o2)c1. The zero-order valence-corrected chi connectivity index (χ0v) is 15.5. The third kappa shape index (κ3) is 3.67. The molecular weight excluding hydrogens is 386 g/mol. The summed E-state index contributed by atoms with van der Waals surface area (Å²) in [6.07, 6.45) is 1.07. The van der Waals surface area contributed by atoms with Crippen molar-refractivity contribution in [2.75, 3.05) is 24.8 Å². The normalized spacial score (nSPS) is 13.2. The molecule has 1 aliphatic rings. The monoisotopic (exact) mass is 401 g/mol. The molecule has 1 aliphatic heterocycles. The zero-order valence-electron chi connectivity index (χ0n) is 14.7. The van der Waals surface area contributed by atoms with Gasteiger partial charge in [0.1, 0.15) is 13.2 Å². The molecule has 0 saturated carbocycles. The number of nitrogens with one attached hydrogen (secondary N) is 1. The summed E-state index contributed by atoms with van der Waals surface area (Å²) in [5.74, 6) is 0.832. The van der Waals surface area contributed by atoms with Crippen molar-refractivity contribution >= 4 is 21.8 Å². The van der Waals surface area contributed by atoms with E-state index in [9.17, 15) is 13.2 Å². The smallest absolute Gasteiger partial charge is 0.322 e. The molecule has 0 spiro atoms. The Morgan fingerprint density at radius 3 is 2.61 bits per heavy atom. The molecule has 4 rings (SSSR count). The lowest BCUT2D eigenvalue weighted by Crippen LogP contribution is -2.15. The lowest BCUT2D eigenvalue weighted by atomic mass is 10.2. The second kappa shape index (κ2) is 6.97. The van der Waals surface area contributed by atoms with Crippen LogP contribution in [-0.4, -0.2) is 44.0 Å². The predicted octanol–water partition coefficient (Wildman–Crippen LogP) is 2.16. The van der Waals surface area contributed by atoms with Crippen LogP contribution in [-0.2, 0) is 9.84 Å². The van der Waals surface area contributed by atoms with Gasteiger partial charge in [-0.05, 0) is 36.4 Å². The molecule has 1 N–H and O–H groups in total. The molecule has 0 atom stereocenters. The number of benzene rings is 2. The summed E-state index contributed by atoms with van der Waals surface area (Å²) < 4.78 is 39.7. The van der Waals surface area contributed by atoms with Crippen molar-refractivity contribution < 1.29 is 27.1 Å². The Bertz CT molecular complexity index is 1160. The average molecular weight is 401 g/mol. The summed E-state index contributed by atoms with van der Waals surface area (Å²) in [5, 5.41) is 10.2. The number of hydrogen-bond donors (Lipinski definition) is 1. The third-order valence-electron chi connectivity index (χ3n) is 3.96. The Labute approximate surface area is 160 Å². The van der Waals surface area contributed by atoms with Crippen LogP contribution in [0.1, 0.15) is 10.4 Å². The van der Waals surface area contributed by atoms with Crippen LogP contribution in [0.15, 0.2) is 51.8 Å². The second-order valence-corrected chi connectivity index (χ2v) is 8.04. The minimum Gasteiger partial charge on any atom is -0.486 e. The predicted molar refractivity (Wildman–Crippen MR) is 98.2 cm³/mol. The molecule has 3 aromatic rings. The van der Waals surface area contributed by atoms with E-state index < -0.39 is 15.7 Å². The van der Waals surface area contributed by atoms with Gasteiger partial charge < -0.3 is 13.9 Å². The first-order chi connectivity index (χ1) is 13.4. The maximum Gasteiger partial charge on any atom is 0.322 e. The van der Waals surface area contributed by atoms with Gasteiger partial charge in [0.05, 0.1) is 4.90 Å². The highest BCUT2D eigenvalue weighted by Crippen LogP contribution is 2.34. The van der Waals surface area contributed by atoms with E-state index in [2.05, 4.69) is 15.5 Å². The summed E-state index contributed by atoms with van der Waals surface area (Å²) in [6, 6.07) is 10.7. The molecule has 1 aromatic heterocycles. The maximum atomic E-state index is 12.4. The average Bonchev–Trinajstić information content (AvgIpc) is 3.15. The molecule has 1 amide bonds. The number of amides is 1. The number of fused-ring (bicyclic) bond motifs is 1. The molecule has 2 heterocycles. The van der Waals surface area contributed by atoms with Gasteiger partial charge in [-0.2, -0.15) is 0 Å². The van der Waals surface area contributed by atoms with Crippen molar-refractivity contribution in [2.45, 2.75) is 4.90 Å². The number of ether oxygens (including phenoxy) is 2. The molecule has 28 heavy (non-hydrogen) atoms. The lowest BCUT2D eigenvalue weighted by molar-refractivity contribution is 0.102. The van der Waals surface area contributed by atoms with E-state index in [1.165, 1.54) is 24.3 Å². The van der Waals surface area contributed by atoms with Gasteiger partial charge in [0, 0.05) is 17.4 Å². The quantitative estimate of drug-likeness (QED) is 0.706. The number of nitrogens with zero attached hydrogens (tertiary/aromatic N) is 2. The second-order valence-electron chi connectivity index (χ2n) is 6.02.